The van der Waals surface area contributed by atoms with Crippen LogP contribution in [0.15, 0.2) is 72.8 Å². The van der Waals surface area contributed by atoms with Crippen LogP contribution in [0.5, 0.6) is 11.5 Å². The van der Waals surface area contributed by atoms with E-state index in [0.29, 0.717) is 28.6 Å². The molecule has 0 heterocycles. The molecule has 3 aromatic rings. The van der Waals surface area contributed by atoms with Crippen molar-refractivity contribution < 1.29 is 9.53 Å². The van der Waals surface area contributed by atoms with Crippen molar-refractivity contribution in [3.05, 3.63) is 88.4 Å². The average Bonchev–Trinajstić information content (AvgIpc) is 2.63. The van der Waals surface area contributed by atoms with Crippen molar-refractivity contribution >= 4 is 34.8 Å². The summed E-state index contributed by atoms with van der Waals surface area (Å²) in [6.07, 6.45) is 0.890. The summed E-state index contributed by atoms with van der Waals surface area (Å²) in [5.74, 6) is 1.40. The van der Waals surface area contributed by atoms with Gasteiger partial charge in [-0.2, -0.15) is 0 Å². The number of benzene rings is 3. The fourth-order valence-corrected chi connectivity index (χ4v) is 2.93. The highest BCUT2D eigenvalue weighted by Crippen LogP contribution is 2.24. The van der Waals surface area contributed by atoms with E-state index < -0.39 is 0 Å². The van der Waals surface area contributed by atoms with E-state index >= 15 is 0 Å². The molecular formula is C21H17Cl2NO2. The standard InChI is InChI=1S/C21H17Cl2NO2/c22-16-8-6-15(20(23)14-16)7-13-21(25)24-17-9-11-19(12-10-17)26-18-4-2-1-3-5-18/h1-6,8-12,14H,7,13H2,(H,24,25). The third-order valence-corrected chi connectivity index (χ3v) is 4.34. The first-order chi connectivity index (χ1) is 12.6. The molecule has 3 aromatic carbocycles. The van der Waals surface area contributed by atoms with Gasteiger partial charge >= 0.3 is 0 Å². The quantitative estimate of drug-likeness (QED) is 0.536. The number of hydrogen-bond donors (Lipinski definition) is 1. The second-order valence-electron chi connectivity index (χ2n) is 5.72. The highest BCUT2D eigenvalue weighted by molar-refractivity contribution is 6.35. The summed E-state index contributed by atoms with van der Waals surface area (Å²) in [4.78, 5) is 12.1. The van der Waals surface area contributed by atoms with E-state index in [-0.39, 0.29) is 5.91 Å². The van der Waals surface area contributed by atoms with Gasteiger partial charge in [0.1, 0.15) is 11.5 Å². The number of aryl methyl sites for hydroxylation is 1. The molecule has 5 heteroatoms. The Bertz CT molecular complexity index is 880. The van der Waals surface area contributed by atoms with Gasteiger partial charge in [-0.25, -0.2) is 0 Å². The zero-order valence-corrected chi connectivity index (χ0v) is 15.4. The summed E-state index contributed by atoms with van der Waals surface area (Å²) in [5.41, 5.74) is 1.62. The molecule has 0 saturated carbocycles. The summed E-state index contributed by atoms with van der Waals surface area (Å²) < 4.78 is 5.73. The van der Waals surface area contributed by atoms with Crippen molar-refractivity contribution in [3.63, 3.8) is 0 Å². The number of hydrogen-bond acceptors (Lipinski definition) is 2. The summed E-state index contributed by atoms with van der Waals surface area (Å²) in [6.45, 7) is 0. The highest BCUT2D eigenvalue weighted by Gasteiger charge is 2.07. The fourth-order valence-electron chi connectivity index (χ4n) is 2.43. The van der Waals surface area contributed by atoms with E-state index in [1.54, 1.807) is 12.1 Å². The van der Waals surface area contributed by atoms with Crippen LogP contribution in [0.4, 0.5) is 5.69 Å². The van der Waals surface area contributed by atoms with E-state index in [1.807, 2.05) is 60.7 Å². The van der Waals surface area contributed by atoms with E-state index in [4.69, 9.17) is 27.9 Å². The van der Waals surface area contributed by atoms with Gasteiger partial charge in [0.05, 0.1) is 0 Å². The summed E-state index contributed by atoms with van der Waals surface area (Å²) >= 11 is 12.0. The maximum Gasteiger partial charge on any atom is 0.224 e. The number of carbonyl (C=O) groups excluding carboxylic acids is 1. The van der Waals surface area contributed by atoms with Crippen LogP contribution in [-0.4, -0.2) is 5.91 Å². The van der Waals surface area contributed by atoms with Gasteiger partial charge in [-0.15, -0.1) is 0 Å². The number of ether oxygens (including phenoxy) is 1. The Hall–Kier alpha value is -2.49. The van der Waals surface area contributed by atoms with Crippen molar-refractivity contribution in [1.29, 1.82) is 0 Å². The van der Waals surface area contributed by atoms with Crippen molar-refractivity contribution in [3.8, 4) is 11.5 Å². The van der Waals surface area contributed by atoms with Crippen LogP contribution in [0.25, 0.3) is 0 Å². The molecule has 0 aromatic heterocycles. The molecule has 0 atom stereocenters. The van der Waals surface area contributed by atoms with Crippen LogP contribution in [0, 0.1) is 0 Å². The Labute approximate surface area is 162 Å². The number of amides is 1. The first-order valence-electron chi connectivity index (χ1n) is 8.17. The zero-order chi connectivity index (χ0) is 18.4. The van der Waals surface area contributed by atoms with Crippen molar-refractivity contribution in [2.75, 3.05) is 5.32 Å². The van der Waals surface area contributed by atoms with Gasteiger partial charge in [0.2, 0.25) is 5.91 Å². The fraction of sp³-hybridized carbons (Fsp3) is 0.0952. The molecule has 132 valence electrons. The highest BCUT2D eigenvalue weighted by atomic mass is 35.5. The van der Waals surface area contributed by atoms with Crippen LogP contribution in [0.3, 0.4) is 0 Å². The van der Waals surface area contributed by atoms with Crippen LogP contribution >= 0.6 is 23.2 Å². The van der Waals surface area contributed by atoms with Crippen LogP contribution in [0.1, 0.15) is 12.0 Å². The largest absolute Gasteiger partial charge is 0.457 e. The summed E-state index contributed by atoms with van der Waals surface area (Å²) in [5, 5.41) is 4.03. The molecule has 0 unspecified atom stereocenters. The van der Waals surface area contributed by atoms with Gasteiger partial charge < -0.3 is 10.1 Å². The first kappa shape index (κ1) is 18.3. The molecule has 3 rings (SSSR count). The smallest absolute Gasteiger partial charge is 0.224 e. The third-order valence-electron chi connectivity index (χ3n) is 3.75. The van der Waals surface area contributed by atoms with Gasteiger partial charge in [-0.1, -0.05) is 47.5 Å². The van der Waals surface area contributed by atoms with Crippen molar-refractivity contribution in [2.45, 2.75) is 12.8 Å². The molecule has 0 aliphatic heterocycles. The Morgan fingerprint density at radius 1 is 0.885 bits per heavy atom. The predicted molar refractivity (Wildman–Crippen MR) is 106 cm³/mol. The van der Waals surface area contributed by atoms with Crippen LogP contribution in [0.2, 0.25) is 10.0 Å². The number of rotatable bonds is 6. The SMILES string of the molecule is O=C(CCc1ccc(Cl)cc1Cl)Nc1ccc(Oc2ccccc2)cc1. The maximum atomic E-state index is 12.1. The Balaban J connectivity index is 1.52. The Morgan fingerprint density at radius 2 is 1.58 bits per heavy atom. The molecule has 0 saturated heterocycles. The molecule has 0 aliphatic rings. The van der Waals surface area contributed by atoms with Gasteiger partial charge in [-0.3, -0.25) is 4.79 Å². The molecule has 0 fully saturated rings. The van der Waals surface area contributed by atoms with Crippen LogP contribution < -0.4 is 10.1 Å². The maximum absolute atomic E-state index is 12.1. The monoisotopic (exact) mass is 385 g/mol. The number of anilines is 1. The lowest BCUT2D eigenvalue weighted by molar-refractivity contribution is -0.116. The number of nitrogens with one attached hydrogen (secondary N) is 1. The topological polar surface area (TPSA) is 38.3 Å². The minimum absolute atomic E-state index is 0.0762. The van der Waals surface area contributed by atoms with Gasteiger partial charge in [0.25, 0.3) is 0 Å². The van der Waals surface area contributed by atoms with Crippen molar-refractivity contribution in [2.24, 2.45) is 0 Å². The molecule has 0 spiro atoms. The Kier molecular flexibility index (Phi) is 6.16. The minimum Gasteiger partial charge on any atom is -0.457 e. The average molecular weight is 386 g/mol. The summed E-state index contributed by atoms with van der Waals surface area (Å²) in [7, 11) is 0. The second-order valence-corrected chi connectivity index (χ2v) is 6.57. The molecule has 1 N–H and O–H groups in total. The second kappa shape index (κ2) is 8.75. The lowest BCUT2D eigenvalue weighted by Gasteiger charge is -2.09. The molecule has 26 heavy (non-hydrogen) atoms. The molecule has 3 nitrogen and oxygen atoms in total. The first-order valence-corrected chi connectivity index (χ1v) is 8.92. The van der Waals surface area contributed by atoms with E-state index in [0.717, 1.165) is 17.0 Å². The third kappa shape index (κ3) is 5.25. The van der Waals surface area contributed by atoms with Gasteiger partial charge in [-0.05, 0) is 60.5 Å². The molecule has 0 bridgehead atoms. The van der Waals surface area contributed by atoms with Crippen LogP contribution in [-0.2, 0) is 11.2 Å². The number of carbonyl (C=O) groups is 1. The van der Waals surface area contributed by atoms with Crippen molar-refractivity contribution in [1.82, 2.24) is 0 Å². The number of halogens is 2. The van der Waals surface area contributed by atoms with Gasteiger partial charge in [0.15, 0.2) is 0 Å². The normalized spacial score (nSPS) is 10.4. The molecule has 1 amide bonds. The number of para-hydroxylation sites is 1. The Morgan fingerprint density at radius 3 is 2.27 bits per heavy atom. The lowest BCUT2D eigenvalue weighted by atomic mass is 10.1. The van der Waals surface area contributed by atoms with Gasteiger partial charge in [0, 0.05) is 22.2 Å². The summed E-state index contributed by atoms with van der Waals surface area (Å²) in [6, 6.07) is 22.1. The van der Waals surface area contributed by atoms with E-state index in [1.165, 1.54) is 0 Å². The molecule has 0 radical (unpaired) electrons. The zero-order valence-electron chi connectivity index (χ0n) is 13.9. The predicted octanol–water partition coefficient (Wildman–Crippen LogP) is 6.36. The molecular weight excluding hydrogens is 369 g/mol. The van der Waals surface area contributed by atoms with E-state index in [2.05, 4.69) is 5.32 Å². The minimum atomic E-state index is -0.0762. The molecule has 0 aliphatic carbocycles. The van der Waals surface area contributed by atoms with E-state index in [9.17, 15) is 4.79 Å². The lowest BCUT2D eigenvalue weighted by Crippen LogP contribution is -2.12.